The molecule has 0 N–H and O–H groups in total. The van der Waals surface area contributed by atoms with Crippen molar-refractivity contribution in [2.45, 2.75) is 45.2 Å². The summed E-state index contributed by atoms with van der Waals surface area (Å²) in [6.07, 6.45) is 6.77. The van der Waals surface area contributed by atoms with E-state index in [0.29, 0.717) is 16.9 Å². The van der Waals surface area contributed by atoms with Crippen LogP contribution in [0.25, 0.3) is 10.9 Å². The molecule has 1 aromatic carbocycles. The Kier molecular flexibility index (Phi) is 4.76. The van der Waals surface area contributed by atoms with Crippen LogP contribution in [0.1, 0.15) is 31.2 Å². The van der Waals surface area contributed by atoms with Crippen LogP contribution in [0.2, 0.25) is 0 Å². The van der Waals surface area contributed by atoms with E-state index in [9.17, 15) is 9.59 Å². The predicted molar refractivity (Wildman–Crippen MR) is 101 cm³/mol. The second-order valence-electron chi connectivity index (χ2n) is 7.50. The van der Waals surface area contributed by atoms with Crippen molar-refractivity contribution in [1.82, 2.24) is 19.4 Å². The molecule has 2 aromatic rings. The summed E-state index contributed by atoms with van der Waals surface area (Å²) in [5, 5.41) is 0.575. The maximum absolute atomic E-state index is 12.7. The van der Waals surface area contributed by atoms with E-state index < -0.39 is 0 Å². The molecule has 138 valence electrons. The lowest BCUT2D eigenvalue weighted by molar-refractivity contribution is -0.134. The van der Waals surface area contributed by atoms with Crippen LogP contribution < -0.4 is 5.56 Å². The first-order valence-electron chi connectivity index (χ1n) is 9.60. The number of hydrogen-bond donors (Lipinski definition) is 0. The molecule has 6 heteroatoms. The Morgan fingerprint density at radius 1 is 1.15 bits per heavy atom. The minimum Gasteiger partial charge on any atom is -0.339 e. The Morgan fingerprint density at radius 3 is 2.62 bits per heavy atom. The van der Waals surface area contributed by atoms with Crippen LogP contribution in [0.4, 0.5) is 0 Å². The van der Waals surface area contributed by atoms with Gasteiger partial charge in [-0.05, 0) is 31.4 Å². The number of aryl methyl sites for hydroxylation is 1. The number of benzene rings is 1. The Labute approximate surface area is 153 Å². The van der Waals surface area contributed by atoms with Crippen LogP contribution in [0.15, 0.2) is 29.3 Å². The molecule has 1 saturated carbocycles. The van der Waals surface area contributed by atoms with E-state index in [1.165, 1.54) is 36.6 Å². The Bertz CT molecular complexity index is 862. The summed E-state index contributed by atoms with van der Waals surface area (Å²) in [5.74, 6) is 0.00646. The Morgan fingerprint density at radius 2 is 1.88 bits per heavy atom. The maximum atomic E-state index is 12.7. The molecule has 2 heterocycles. The van der Waals surface area contributed by atoms with Gasteiger partial charge in [-0.15, -0.1) is 0 Å². The van der Waals surface area contributed by atoms with Gasteiger partial charge in [0.1, 0.15) is 6.54 Å². The third-order valence-electron chi connectivity index (χ3n) is 5.87. The first kappa shape index (κ1) is 17.2. The van der Waals surface area contributed by atoms with Gasteiger partial charge >= 0.3 is 0 Å². The Hall–Kier alpha value is -2.21. The van der Waals surface area contributed by atoms with Gasteiger partial charge < -0.3 is 4.90 Å². The fourth-order valence-electron chi connectivity index (χ4n) is 4.30. The highest BCUT2D eigenvalue weighted by atomic mass is 16.2. The monoisotopic (exact) mass is 354 g/mol. The standard InChI is InChI=1S/C20H26N4O2/c1-15-5-4-8-17-19(15)21-14-24(20(17)26)13-18(25)23-11-9-22(10-12-23)16-6-2-3-7-16/h4-5,8,14,16H,2-3,6-7,9-13H2,1H3. The van der Waals surface area contributed by atoms with Crippen molar-refractivity contribution < 1.29 is 4.79 Å². The summed E-state index contributed by atoms with van der Waals surface area (Å²) >= 11 is 0. The van der Waals surface area contributed by atoms with E-state index in [4.69, 9.17) is 0 Å². The molecule has 0 bridgehead atoms. The quantitative estimate of drug-likeness (QED) is 0.843. The van der Waals surface area contributed by atoms with Crippen molar-refractivity contribution in [3.63, 3.8) is 0 Å². The van der Waals surface area contributed by atoms with Crippen LogP contribution in [-0.4, -0.2) is 57.5 Å². The maximum Gasteiger partial charge on any atom is 0.261 e. The molecular formula is C20H26N4O2. The van der Waals surface area contributed by atoms with Gasteiger partial charge in [-0.3, -0.25) is 19.1 Å². The summed E-state index contributed by atoms with van der Waals surface area (Å²) in [6.45, 7) is 5.41. The number of aromatic nitrogens is 2. The number of fused-ring (bicyclic) bond motifs is 1. The number of carbonyl (C=O) groups excluding carboxylic acids is 1. The number of carbonyl (C=O) groups is 1. The topological polar surface area (TPSA) is 58.4 Å². The zero-order valence-corrected chi connectivity index (χ0v) is 15.4. The van der Waals surface area contributed by atoms with Gasteiger partial charge in [0.05, 0.1) is 17.2 Å². The van der Waals surface area contributed by atoms with Gasteiger partial charge in [-0.25, -0.2) is 4.98 Å². The Balaban J connectivity index is 1.43. The van der Waals surface area contributed by atoms with E-state index >= 15 is 0 Å². The van der Waals surface area contributed by atoms with Gasteiger partial charge in [-0.2, -0.15) is 0 Å². The molecule has 26 heavy (non-hydrogen) atoms. The first-order chi connectivity index (χ1) is 12.6. The number of rotatable bonds is 3. The van der Waals surface area contributed by atoms with E-state index in [1.807, 2.05) is 24.0 Å². The lowest BCUT2D eigenvalue weighted by atomic mass is 10.1. The minimum absolute atomic E-state index is 0.00646. The van der Waals surface area contributed by atoms with Crippen molar-refractivity contribution in [2.24, 2.45) is 0 Å². The van der Waals surface area contributed by atoms with Gasteiger partial charge in [0.2, 0.25) is 5.91 Å². The lowest BCUT2D eigenvalue weighted by Gasteiger charge is -2.38. The number of hydrogen-bond acceptors (Lipinski definition) is 4. The van der Waals surface area contributed by atoms with Crippen molar-refractivity contribution in [2.75, 3.05) is 26.2 Å². The molecule has 6 nitrogen and oxygen atoms in total. The average Bonchev–Trinajstić information content (AvgIpc) is 3.19. The molecule has 0 spiro atoms. The zero-order chi connectivity index (χ0) is 18.1. The number of para-hydroxylation sites is 1. The van der Waals surface area contributed by atoms with Crippen LogP contribution in [0.5, 0.6) is 0 Å². The van der Waals surface area contributed by atoms with E-state index in [-0.39, 0.29) is 18.0 Å². The van der Waals surface area contributed by atoms with Crippen LogP contribution >= 0.6 is 0 Å². The fraction of sp³-hybridized carbons (Fsp3) is 0.550. The molecule has 2 fully saturated rings. The molecule has 0 atom stereocenters. The number of amides is 1. The van der Waals surface area contributed by atoms with Crippen LogP contribution in [0.3, 0.4) is 0 Å². The number of piperazine rings is 1. The lowest BCUT2D eigenvalue weighted by Crippen LogP contribution is -2.52. The van der Waals surface area contributed by atoms with Crippen molar-refractivity contribution in [3.05, 3.63) is 40.4 Å². The summed E-state index contributed by atoms with van der Waals surface area (Å²) in [5.41, 5.74) is 1.55. The molecule has 0 radical (unpaired) electrons. The predicted octanol–water partition coefficient (Wildman–Crippen LogP) is 1.79. The molecule has 0 unspecified atom stereocenters. The highest BCUT2D eigenvalue weighted by Gasteiger charge is 2.27. The summed E-state index contributed by atoms with van der Waals surface area (Å²) in [4.78, 5) is 34.1. The van der Waals surface area contributed by atoms with Crippen molar-refractivity contribution in [1.29, 1.82) is 0 Å². The highest BCUT2D eigenvalue weighted by molar-refractivity contribution is 5.81. The average molecular weight is 354 g/mol. The van der Waals surface area contributed by atoms with E-state index in [2.05, 4.69) is 9.88 Å². The van der Waals surface area contributed by atoms with E-state index in [1.54, 1.807) is 6.07 Å². The molecule has 1 aliphatic heterocycles. The first-order valence-corrected chi connectivity index (χ1v) is 9.60. The van der Waals surface area contributed by atoms with Crippen LogP contribution in [-0.2, 0) is 11.3 Å². The van der Waals surface area contributed by atoms with Crippen LogP contribution in [0, 0.1) is 6.92 Å². The smallest absolute Gasteiger partial charge is 0.261 e. The minimum atomic E-state index is -0.142. The molecule has 1 aromatic heterocycles. The third-order valence-corrected chi connectivity index (χ3v) is 5.87. The molecular weight excluding hydrogens is 328 g/mol. The highest BCUT2D eigenvalue weighted by Crippen LogP contribution is 2.24. The van der Waals surface area contributed by atoms with E-state index in [0.717, 1.165) is 31.7 Å². The SMILES string of the molecule is Cc1cccc2c(=O)n(CC(=O)N3CCN(C4CCCC4)CC3)cnc12. The molecule has 1 amide bonds. The third kappa shape index (κ3) is 3.26. The van der Waals surface area contributed by atoms with Crippen molar-refractivity contribution >= 4 is 16.8 Å². The largest absolute Gasteiger partial charge is 0.339 e. The van der Waals surface area contributed by atoms with Gasteiger partial charge in [0.25, 0.3) is 5.56 Å². The molecule has 1 saturated heterocycles. The summed E-state index contributed by atoms with van der Waals surface area (Å²) in [6, 6.07) is 6.28. The second-order valence-corrected chi connectivity index (χ2v) is 7.50. The normalized spacial score (nSPS) is 19.3. The molecule has 1 aliphatic carbocycles. The summed E-state index contributed by atoms with van der Waals surface area (Å²) in [7, 11) is 0. The zero-order valence-electron chi connectivity index (χ0n) is 15.4. The molecule has 2 aliphatic rings. The number of nitrogens with zero attached hydrogens (tertiary/aromatic N) is 4. The van der Waals surface area contributed by atoms with Crippen molar-refractivity contribution in [3.8, 4) is 0 Å². The van der Waals surface area contributed by atoms with Gasteiger partial charge in [-0.1, -0.05) is 25.0 Å². The fourth-order valence-corrected chi connectivity index (χ4v) is 4.30. The summed E-state index contributed by atoms with van der Waals surface area (Å²) < 4.78 is 1.44. The second kappa shape index (κ2) is 7.19. The molecule has 4 rings (SSSR count). The van der Waals surface area contributed by atoms with Gasteiger partial charge in [0.15, 0.2) is 0 Å². The van der Waals surface area contributed by atoms with Gasteiger partial charge in [0, 0.05) is 32.2 Å².